The Hall–Kier alpha value is -3.52. The number of aromatic amines is 1. The van der Waals surface area contributed by atoms with Gasteiger partial charge in [0, 0.05) is 23.7 Å². The molecule has 31 heavy (non-hydrogen) atoms. The van der Waals surface area contributed by atoms with Gasteiger partial charge in [-0.3, -0.25) is 14.6 Å². The molecule has 4 rings (SSSR count). The summed E-state index contributed by atoms with van der Waals surface area (Å²) in [5.41, 5.74) is 2.86. The molecule has 0 unspecified atom stereocenters. The topological polar surface area (TPSA) is 92.7 Å². The number of anilines is 1. The molecule has 0 atom stereocenters. The second-order valence-corrected chi connectivity index (χ2v) is 8.24. The minimum Gasteiger partial charge on any atom is -0.310 e. The number of aryl methyl sites for hydroxylation is 2. The molecule has 8 heteroatoms. The van der Waals surface area contributed by atoms with E-state index in [9.17, 15) is 9.59 Å². The van der Waals surface area contributed by atoms with Crippen LogP contribution < -0.4 is 10.9 Å². The molecule has 3 heterocycles. The van der Waals surface area contributed by atoms with Gasteiger partial charge in [-0.1, -0.05) is 36.4 Å². The average Bonchev–Trinajstić information content (AvgIpc) is 3.42. The summed E-state index contributed by atoms with van der Waals surface area (Å²) < 4.78 is 1.48. The SMILES string of the molecule is Cc1nc(-n2nc(-c3cccs3)cc2NC(=O)CCCc2ccccc2)[nH]c(=O)c1C. The van der Waals surface area contributed by atoms with Crippen LogP contribution in [0, 0.1) is 13.8 Å². The Kier molecular flexibility index (Phi) is 6.08. The van der Waals surface area contributed by atoms with Crippen molar-refractivity contribution in [3.05, 3.63) is 81.1 Å². The number of benzene rings is 1. The van der Waals surface area contributed by atoms with Crippen LogP contribution in [0.4, 0.5) is 5.82 Å². The fourth-order valence-electron chi connectivity index (χ4n) is 3.21. The highest BCUT2D eigenvalue weighted by molar-refractivity contribution is 7.13. The van der Waals surface area contributed by atoms with E-state index < -0.39 is 0 Å². The number of carbonyl (C=O) groups excluding carboxylic acids is 1. The predicted octanol–water partition coefficient (Wildman–Crippen LogP) is 4.26. The molecule has 0 aliphatic heterocycles. The summed E-state index contributed by atoms with van der Waals surface area (Å²) in [6, 6.07) is 15.8. The molecule has 1 amide bonds. The highest BCUT2D eigenvalue weighted by Gasteiger charge is 2.17. The summed E-state index contributed by atoms with van der Waals surface area (Å²) in [5.74, 6) is 0.635. The van der Waals surface area contributed by atoms with Gasteiger partial charge < -0.3 is 5.32 Å². The number of aromatic nitrogens is 4. The third-order valence-electron chi connectivity index (χ3n) is 5.05. The highest BCUT2D eigenvalue weighted by Crippen LogP contribution is 2.27. The molecule has 0 saturated heterocycles. The lowest BCUT2D eigenvalue weighted by Crippen LogP contribution is -2.20. The fraction of sp³-hybridized carbons (Fsp3) is 0.217. The lowest BCUT2D eigenvalue weighted by Gasteiger charge is -2.09. The molecule has 0 bridgehead atoms. The Bertz CT molecular complexity index is 1240. The van der Waals surface area contributed by atoms with Gasteiger partial charge in [-0.2, -0.15) is 9.78 Å². The Morgan fingerprint density at radius 2 is 1.97 bits per heavy atom. The van der Waals surface area contributed by atoms with Crippen molar-refractivity contribution >= 4 is 23.1 Å². The monoisotopic (exact) mass is 433 g/mol. The summed E-state index contributed by atoms with van der Waals surface area (Å²) in [7, 11) is 0. The maximum atomic E-state index is 12.6. The molecular weight excluding hydrogens is 410 g/mol. The summed E-state index contributed by atoms with van der Waals surface area (Å²) >= 11 is 1.55. The molecule has 0 fully saturated rings. The first-order valence-electron chi connectivity index (χ1n) is 10.1. The maximum absolute atomic E-state index is 12.6. The number of nitrogens with one attached hydrogen (secondary N) is 2. The molecule has 158 valence electrons. The number of amides is 1. The van der Waals surface area contributed by atoms with E-state index in [1.54, 1.807) is 31.3 Å². The minimum absolute atomic E-state index is 0.110. The summed E-state index contributed by atoms with van der Waals surface area (Å²) in [6.07, 6.45) is 1.95. The first-order valence-corrected chi connectivity index (χ1v) is 10.9. The third kappa shape index (κ3) is 4.80. The van der Waals surface area contributed by atoms with Gasteiger partial charge in [0.15, 0.2) is 0 Å². The second-order valence-electron chi connectivity index (χ2n) is 7.29. The first-order chi connectivity index (χ1) is 15.0. The van der Waals surface area contributed by atoms with Crippen LogP contribution in [-0.2, 0) is 11.2 Å². The van der Waals surface area contributed by atoms with Crippen LogP contribution in [0.1, 0.15) is 29.7 Å². The zero-order valence-electron chi connectivity index (χ0n) is 17.4. The van der Waals surface area contributed by atoms with E-state index in [1.807, 2.05) is 35.7 Å². The van der Waals surface area contributed by atoms with E-state index in [-0.39, 0.29) is 17.4 Å². The van der Waals surface area contributed by atoms with Crippen LogP contribution >= 0.6 is 11.3 Å². The van der Waals surface area contributed by atoms with Crippen molar-refractivity contribution < 1.29 is 4.79 Å². The standard InChI is InChI=1S/C23H23N5O2S/c1-15-16(2)24-23(26-22(15)30)28-20(14-18(27-28)19-11-7-13-31-19)25-21(29)12-6-10-17-8-4-3-5-9-17/h3-5,7-9,11,13-14H,6,10,12H2,1-2H3,(H,25,29)(H,24,26,30). The van der Waals surface area contributed by atoms with E-state index in [4.69, 9.17) is 0 Å². The summed E-state index contributed by atoms with van der Waals surface area (Å²) in [6.45, 7) is 3.50. The molecule has 0 saturated carbocycles. The van der Waals surface area contributed by atoms with Crippen LogP contribution in [0.5, 0.6) is 0 Å². The normalized spacial score (nSPS) is 10.9. The predicted molar refractivity (Wildman–Crippen MR) is 123 cm³/mol. The van der Waals surface area contributed by atoms with Gasteiger partial charge in [0.05, 0.1) is 4.88 Å². The van der Waals surface area contributed by atoms with Crippen molar-refractivity contribution in [3.8, 4) is 16.5 Å². The molecule has 0 radical (unpaired) electrons. The minimum atomic E-state index is -0.226. The molecular formula is C23H23N5O2S. The van der Waals surface area contributed by atoms with Crippen LogP contribution in [0.2, 0.25) is 0 Å². The molecule has 0 aliphatic rings. The maximum Gasteiger partial charge on any atom is 0.255 e. The smallest absolute Gasteiger partial charge is 0.255 e. The molecule has 7 nitrogen and oxygen atoms in total. The van der Waals surface area contributed by atoms with E-state index in [1.165, 1.54) is 10.2 Å². The second kappa shape index (κ2) is 9.09. The van der Waals surface area contributed by atoms with Gasteiger partial charge >= 0.3 is 0 Å². The molecule has 0 aliphatic carbocycles. The zero-order chi connectivity index (χ0) is 21.8. The Morgan fingerprint density at radius 1 is 1.16 bits per heavy atom. The first kappa shape index (κ1) is 20.7. The van der Waals surface area contributed by atoms with Crippen LogP contribution in [0.15, 0.2) is 58.7 Å². The summed E-state index contributed by atoms with van der Waals surface area (Å²) in [4.78, 5) is 33.1. The van der Waals surface area contributed by atoms with Crippen LogP contribution in [0.25, 0.3) is 16.5 Å². The van der Waals surface area contributed by atoms with Crippen LogP contribution in [0.3, 0.4) is 0 Å². The lowest BCUT2D eigenvalue weighted by atomic mass is 10.1. The van der Waals surface area contributed by atoms with E-state index in [2.05, 4.69) is 32.5 Å². The quantitative estimate of drug-likeness (QED) is 0.455. The Labute approximate surface area is 183 Å². The average molecular weight is 434 g/mol. The summed E-state index contributed by atoms with van der Waals surface area (Å²) in [5, 5.41) is 9.50. The molecule has 1 aromatic carbocycles. The van der Waals surface area contributed by atoms with Crippen molar-refractivity contribution in [2.24, 2.45) is 0 Å². The molecule has 3 aromatic heterocycles. The largest absolute Gasteiger partial charge is 0.310 e. The number of thiophene rings is 1. The van der Waals surface area contributed by atoms with E-state index >= 15 is 0 Å². The molecule has 2 N–H and O–H groups in total. The van der Waals surface area contributed by atoms with E-state index in [0.29, 0.717) is 29.2 Å². The Balaban J connectivity index is 1.57. The van der Waals surface area contributed by atoms with Crippen molar-refractivity contribution in [3.63, 3.8) is 0 Å². The van der Waals surface area contributed by atoms with E-state index in [0.717, 1.165) is 17.7 Å². The fourth-order valence-corrected chi connectivity index (χ4v) is 3.89. The van der Waals surface area contributed by atoms with Gasteiger partial charge in [0.1, 0.15) is 11.5 Å². The van der Waals surface area contributed by atoms with Crippen LogP contribution in [-0.4, -0.2) is 25.7 Å². The van der Waals surface area contributed by atoms with Gasteiger partial charge in [0.25, 0.3) is 5.56 Å². The van der Waals surface area contributed by atoms with Gasteiger partial charge in [-0.25, -0.2) is 4.98 Å². The van der Waals surface area contributed by atoms with Crippen molar-refractivity contribution in [1.29, 1.82) is 0 Å². The number of hydrogen-bond acceptors (Lipinski definition) is 5. The number of carbonyl (C=O) groups is 1. The van der Waals surface area contributed by atoms with Gasteiger partial charge in [0.2, 0.25) is 11.9 Å². The third-order valence-corrected chi connectivity index (χ3v) is 5.94. The Morgan fingerprint density at radius 3 is 2.68 bits per heavy atom. The lowest BCUT2D eigenvalue weighted by molar-refractivity contribution is -0.116. The zero-order valence-corrected chi connectivity index (χ0v) is 18.2. The van der Waals surface area contributed by atoms with Gasteiger partial charge in [-0.05, 0) is 43.7 Å². The van der Waals surface area contributed by atoms with Crippen molar-refractivity contribution in [2.45, 2.75) is 33.1 Å². The molecule has 4 aromatic rings. The number of H-pyrrole nitrogens is 1. The molecule has 0 spiro atoms. The number of rotatable bonds is 7. The van der Waals surface area contributed by atoms with Gasteiger partial charge in [-0.15, -0.1) is 11.3 Å². The van der Waals surface area contributed by atoms with Crippen molar-refractivity contribution in [1.82, 2.24) is 19.7 Å². The number of nitrogens with zero attached hydrogens (tertiary/aromatic N) is 3. The van der Waals surface area contributed by atoms with Crippen molar-refractivity contribution in [2.75, 3.05) is 5.32 Å². The number of hydrogen-bond donors (Lipinski definition) is 2. The highest BCUT2D eigenvalue weighted by atomic mass is 32.1.